The molecule has 1 saturated heterocycles. The number of nitrogens with one attached hydrogen (secondary N) is 2. The monoisotopic (exact) mass is 414 g/mol. The second-order valence-electron chi connectivity index (χ2n) is 8.12. The molecule has 1 amide bonds. The third-order valence-corrected chi connectivity index (χ3v) is 5.97. The van der Waals surface area contributed by atoms with Gasteiger partial charge >= 0.3 is 0 Å². The van der Waals surface area contributed by atoms with Gasteiger partial charge in [-0.3, -0.25) is 4.79 Å². The molecule has 2 N–H and O–H groups in total. The first-order valence-electron chi connectivity index (χ1n) is 10.8. The zero-order chi connectivity index (χ0) is 21.2. The van der Waals surface area contributed by atoms with Gasteiger partial charge in [-0.05, 0) is 67.4 Å². The van der Waals surface area contributed by atoms with Crippen molar-refractivity contribution in [3.63, 3.8) is 0 Å². The Labute approximate surface area is 181 Å². The number of ether oxygens (including phenoxy) is 1. The molecule has 0 unspecified atom stereocenters. The predicted molar refractivity (Wildman–Crippen MR) is 123 cm³/mol. The van der Waals surface area contributed by atoms with Gasteiger partial charge in [0.25, 0.3) is 5.91 Å². The Balaban J connectivity index is 1.35. The van der Waals surface area contributed by atoms with Gasteiger partial charge in [0.15, 0.2) is 5.76 Å². The van der Waals surface area contributed by atoms with E-state index in [9.17, 15) is 4.79 Å². The smallest absolute Gasteiger partial charge is 0.287 e. The van der Waals surface area contributed by atoms with E-state index in [0.717, 1.165) is 53.6 Å². The van der Waals surface area contributed by atoms with Crippen molar-refractivity contribution in [2.45, 2.75) is 32.4 Å². The van der Waals surface area contributed by atoms with E-state index in [1.165, 1.54) is 5.39 Å². The summed E-state index contributed by atoms with van der Waals surface area (Å²) in [5.74, 6) is 0.922. The Bertz CT molecular complexity index is 1240. The summed E-state index contributed by atoms with van der Waals surface area (Å²) in [5.41, 5.74) is 2.55. The number of benzene rings is 3. The van der Waals surface area contributed by atoms with E-state index in [2.05, 4.69) is 34.9 Å². The maximum Gasteiger partial charge on any atom is 0.287 e. The molecular formula is C26H26N2O3. The molecule has 5 heteroatoms. The van der Waals surface area contributed by atoms with Crippen molar-refractivity contribution in [3.05, 3.63) is 77.6 Å². The standard InChI is InChI=1S/C26H26N2O3/c1-17-24-22(30-21-11-13-27-14-12-21)7-4-8-23(24)31-25(17)26(29)28-16-18-9-10-19-5-2-3-6-20(19)15-18/h2-10,15,21,27H,11-14,16H2,1H3,(H,28,29). The van der Waals surface area contributed by atoms with Gasteiger partial charge in [0.2, 0.25) is 0 Å². The number of fused-ring (bicyclic) bond motifs is 2. The van der Waals surface area contributed by atoms with Crippen molar-refractivity contribution in [2.75, 3.05) is 13.1 Å². The molecule has 158 valence electrons. The van der Waals surface area contributed by atoms with Crippen molar-refractivity contribution in [2.24, 2.45) is 0 Å². The second-order valence-corrected chi connectivity index (χ2v) is 8.12. The van der Waals surface area contributed by atoms with Gasteiger partial charge in [-0.15, -0.1) is 0 Å². The summed E-state index contributed by atoms with van der Waals surface area (Å²) in [6.07, 6.45) is 2.14. The number of hydrogen-bond donors (Lipinski definition) is 2. The van der Waals surface area contributed by atoms with Crippen molar-refractivity contribution >= 4 is 27.6 Å². The van der Waals surface area contributed by atoms with Crippen LogP contribution in [0.4, 0.5) is 0 Å². The first-order chi connectivity index (χ1) is 15.2. The van der Waals surface area contributed by atoms with Crippen LogP contribution < -0.4 is 15.4 Å². The molecule has 5 rings (SSSR count). The average Bonchev–Trinajstić information content (AvgIpc) is 3.15. The Hall–Kier alpha value is -3.31. The van der Waals surface area contributed by atoms with E-state index in [4.69, 9.17) is 9.15 Å². The third-order valence-electron chi connectivity index (χ3n) is 5.97. The zero-order valence-corrected chi connectivity index (χ0v) is 17.6. The molecule has 0 bridgehead atoms. The molecule has 1 aromatic heterocycles. The van der Waals surface area contributed by atoms with E-state index in [-0.39, 0.29) is 12.0 Å². The van der Waals surface area contributed by atoms with Crippen LogP contribution in [0.15, 0.2) is 65.1 Å². The molecule has 0 spiro atoms. The zero-order valence-electron chi connectivity index (χ0n) is 17.6. The van der Waals surface area contributed by atoms with E-state index >= 15 is 0 Å². The molecule has 0 aliphatic carbocycles. The second kappa shape index (κ2) is 8.44. The number of carbonyl (C=O) groups is 1. The van der Waals surface area contributed by atoms with Gasteiger partial charge in [-0.1, -0.05) is 42.5 Å². The van der Waals surface area contributed by atoms with Crippen molar-refractivity contribution < 1.29 is 13.9 Å². The van der Waals surface area contributed by atoms with Crippen LogP contribution in [0.5, 0.6) is 5.75 Å². The SMILES string of the molecule is Cc1c(C(=O)NCc2ccc3ccccc3c2)oc2cccc(OC3CCNCC3)c12. The highest BCUT2D eigenvalue weighted by molar-refractivity contribution is 6.00. The Morgan fingerprint density at radius 1 is 1.06 bits per heavy atom. The number of rotatable bonds is 5. The fourth-order valence-corrected chi connectivity index (χ4v) is 4.28. The molecule has 2 heterocycles. The summed E-state index contributed by atoms with van der Waals surface area (Å²) >= 11 is 0. The minimum absolute atomic E-state index is 0.186. The number of furan rings is 1. The first-order valence-corrected chi connectivity index (χ1v) is 10.8. The number of carbonyl (C=O) groups excluding carboxylic acids is 1. The maximum absolute atomic E-state index is 12.9. The van der Waals surface area contributed by atoms with Crippen LogP contribution >= 0.6 is 0 Å². The van der Waals surface area contributed by atoms with Gasteiger partial charge in [0.05, 0.1) is 5.39 Å². The minimum atomic E-state index is -0.213. The first kappa shape index (κ1) is 19.6. The van der Waals surface area contributed by atoms with Crippen LogP contribution in [-0.2, 0) is 6.54 Å². The fraction of sp³-hybridized carbons (Fsp3) is 0.269. The molecule has 4 aromatic rings. The molecule has 5 nitrogen and oxygen atoms in total. The van der Waals surface area contributed by atoms with Crippen LogP contribution in [0.25, 0.3) is 21.7 Å². The molecule has 0 saturated carbocycles. The van der Waals surface area contributed by atoms with Crippen LogP contribution in [-0.4, -0.2) is 25.1 Å². The van der Waals surface area contributed by atoms with Gasteiger partial charge in [0.1, 0.15) is 17.4 Å². The van der Waals surface area contributed by atoms with Gasteiger partial charge in [-0.2, -0.15) is 0 Å². The van der Waals surface area contributed by atoms with E-state index < -0.39 is 0 Å². The Morgan fingerprint density at radius 2 is 1.87 bits per heavy atom. The van der Waals surface area contributed by atoms with Gasteiger partial charge < -0.3 is 19.8 Å². The van der Waals surface area contributed by atoms with E-state index in [1.807, 2.05) is 43.3 Å². The van der Waals surface area contributed by atoms with Gasteiger partial charge in [-0.25, -0.2) is 0 Å². The highest BCUT2D eigenvalue weighted by Crippen LogP contribution is 2.34. The van der Waals surface area contributed by atoms with Gasteiger partial charge in [0, 0.05) is 12.1 Å². The van der Waals surface area contributed by atoms with Crippen LogP contribution in [0, 0.1) is 6.92 Å². The summed E-state index contributed by atoms with van der Waals surface area (Å²) in [5, 5.41) is 9.59. The molecule has 0 radical (unpaired) electrons. The topological polar surface area (TPSA) is 63.5 Å². The van der Waals surface area contributed by atoms with Crippen LogP contribution in [0.2, 0.25) is 0 Å². The number of hydrogen-bond acceptors (Lipinski definition) is 4. The highest BCUT2D eigenvalue weighted by atomic mass is 16.5. The summed E-state index contributed by atoms with van der Waals surface area (Å²) in [7, 11) is 0. The number of piperidine rings is 1. The van der Waals surface area contributed by atoms with Crippen molar-refractivity contribution in [1.82, 2.24) is 10.6 Å². The number of amides is 1. The summed E-state index contributed by atoms with van der Waals surface area (Å²) in [4.78, 5) is 12.9. The molecule has 3 aromatic carbocycles. The minimum Gasteiger partial charge on any atom is -0.490 e. The number of aryl methyl sites for hydroxylation is 1. The lowest BCUT2D eigenvalue weighted by Crippen LogP contribution is -2.34. The van der Waals surface area contributed by atoms with E-state index in [0.29, 0.717) is 17.9 Å². The molecule has 31 heavy (non-hydrogen) atoms. The lowest BCUT2D eigenvalue weighted by Gasteiger charge is -2.24. The lowest BCUT2D eigenvalue weighted by atomic mass is 10.1. The Morgan fingerprint density at radius 3 is 2.71 bits per heavy atom. The maximum atomic E-state index is 12.9. The Kier molecular flexibility index (Phi) is 5.35. The summed E-state index contributed by atoms with van der Waals surface area (Å²) in [6.45, 7) is 4.30. The summed E-state index contributed by atoms with van der Waals surface area (Å²) < 4.78 is 12.2. The molecular weight excluding hydrogens is 388 g/mol. The van der Waals surface area contributed by atoms with E-state index in [1.54, 1.807) is 0 Å². The molecule has 1 aliphatic rings. The lowest BCUT2D eigenvalue weighted by molar-refractivity contribution is 0.0924. The fourth-order valence-electron chi connectivity index (χ4n) is 4.28. The largest absolute Gasteiger partial charge is 0.490 e. The average molecular weight is 415 g/mol. The van der Waals surface area contributed by atoms with Crippen molar-refractivity contribution in [3.8, 4) is 5.75 Å². The molecule has 1 aliphatic heterocycles. The quantitative estimate of drug-likeness (QED) is 0.485. The molecule has 1 fully saturated rings. The van der Waals surface area contributed by atoms with Crippen LogP contribution in [0.1, 0.15) is 34.5 Å². The highest BCUT2D eigenvalue weighted by Gasteiger charge is 2.22. The molecule has 0 atom stereocenters. The summed E-state index contributed by atoms with van der Waals surface area (Å²) in [6, 6.07) is 20.2. The normalized spacial score (nSPS) is 14.7. The van der Waals surface area contributed by atoms with Crippen LogP contribution in [0.3, 0.4) is 0 Å². The predicted octanol–water partition coefficient (Wildman–Crippen LogP) is 4.96. The third kappa shape index (κ3) is 4.01. The van der Waals surface area contributed by atoms with Crippen molar-refractivity contribution in [1.29, 1.82) is 0 Å².